The van der Waals surface area contributed by atoms with Crippen molar-refractivity contribution in [1.29, 1.82) is 0 Å². The molecule has 3 rings (SSSR count). The quantitative estimate of drug-likeness (QED) is 0.566. The van der Waals surface area contributed by atoms with Gasteiger partial charge in [0.2, 0.25) is 5.91 Å². The fraction of sp³-hybridized carbons (Fsp3) is 0.222. The molecule has 0 N–H and O–H groups in total. The van der Waals surface area contributed by atoms with Gasteiger partial charge in [-0.05, 0) is 43.3 Å². The molecule has 134 valence electrons. The van der Waals surface area contributed by atoms with E-state index in [4.69, 9.17) is 0 Å². The summed E-state index contributed by atoms with van der Waals surface area (Å²) in [5.41, 5.74) is 1.08. The molecule has 0 aromatic heterocycles. The monoisotopic (exact) mass is 417 g/mol. The van der Waals surface area contributed by atoms with Crippen LogP contribution in [0.1, 0.15) is 17.3 Å². The Labute approximate surface area is 158 Å². The molecule has 7 nitrogen and oxygen atoms in total. The van der Waals surface area contributed by atoms with Crippen molar-refractivity contribution >= 4 is 39.1 Å². The van der Waals surface area contributed by atoms with Gasteiger partial charge in [0.05, 0.1) is 4.92 Å². The molecule has 0 spiro atoms. The molecule has 2 amide bonds. The van der Waals surface area contributed by atoms with Crippen LogP contribution < -0.4 is 4.90 Å². The number of piperazine rings is 1. The van der Waals surface area contributed by atoms with Gasteiger partial charge in [-0.2, -0.15) is 0 Å². The highest BCUT2D eigenvalue weighted by atomic mass is 79.9. The van der Waals surface area contributed by atoms with E-state index in [-0.39, 0.29) is 17.5 Å². The summed E-state index contributed by atoms with van der Waals surface area (Å²) < 4.78 is 0.876. The molecule has 1 aliphatic rings. The third kappa shape index (κ3) is 3.45. The number of carbonyl (C=O) groups excluding carboxylic acids is 2. The lowest BCUT2D eigenvalue weighted by Gasteiger charge is -2.39. The Morgan fingerprint density at radius 2 is 1.73 bits per heavy atom. The van der Waals surface area contributed by atoms with E-state index in [0.717, 1.165) is 4.47 Å². The molecule has 1 atom stereocenters. The van der Waals surface area contributed by atoms with Crippen LogP contribution in [0.15, 0.2) is 53.0 Å². The van der Waals surface area contributed by atoms with Crippen LogP contribution in [0.5, 0.6) is 0 Å². The summed E-state index contributed by atoms with van der Waals surface area (Å²) in [5, 5.41) is 10.8. The second-order valence-electron chi connectivity index (χ2n) is 5.94. The maximum Gasteiger partial charge on any atom is 0.269 e. The molecule has 0 unspecified atom stereocenters. The van der Waals surface area contributed by atoms with Crippen molar-refractivity contribution in [2.75, 3.05) is 18.0 Å². The molecule has 0 saturated carbocycles. The van der Waals surface area contributed by atoms with E-state index < -0.39 is 11.0 Å². The molecule has 0 bridgehead atoms. The van der Waals surface area contributed by atoms with E-state index in [0.29, 0.717) is 24.3 Å². The molecule has 1 saturated heterocycles. The number of carbonyl (C=O) groups is 2. The van der Waals surface area contributed by atoms with Crippen molar-refractivity contribution < 1.29 is 14.5 Å². The average Bonchev–Trinajstić information content (AvgIpc) is 2.64. The van der Waals surface area contributed by atoms with Gasteiger partial charge in [-0.25, -0.2) is 0 Å². The third-order valence-electron chi connectivity index (χ3n) is 4.38. The first-order valence-corrected chi connectivity index (χ1v) is 8.80. The molecule has 2 aromatic carbocycles. The van der Waals surface area contributed by atoms with Gasteiger partial charge in [0.1, 0.15) is 6.04 Å². The lowest BCUT2D eigenvalue weighted by atomic mass is 10.1. The van der Waals surface area contributed by atoms with E-state index in [1.165, 1.54) is 12.1 Å². The topological polar surface area (TPSA) is 83.8 Å². The standard InChI is InChI=1S/C18H16BrN3O4/c1-12-17(23)21(15-6-8-16(9-7-15)22(25)26)11-10-20(12)18(24)13-2-4-14(19)5-3-13/h2-9,12H,10-11H2,1H3/t12-/m1/s1. The SMILES string of the molecule is C[C@@H]1C(=O)N(c2ccc([N+](=O)[O-])cc2)CCN1C(=O)c1ccc(Br)cc1. The van der Waals surface area contributed by atoms with Crippen LogP contribution in [-0.2, 0) is 4.79 Å². The number of non-ortho nitro benzene ring substituents is 1. The number of benzene rings is 2. The van der Waals surface area contributed by atoms with Gasteiger partial charge < -0.3 is 9.80 Å². The Bertz CT molecular complexity index is 852. The molecule has 1 aliphatic heterocycles. The Morgan fingerprint density at radius 1 is 1.12 bits per heavy atom. The van der Waals surface area contributed by atoms with Gasteiger partial charge in [-0.1, -0.05) is 15.9 Å². The van der Waals surface area contributed by atoms with Crippen LogP contribution in [0.3, 0.4) is 0 Å². The number of nitro groups is 1. The van der Waals surface area contributed by atoms with E-state index >= 15 is 0 Å². The van der Waals surface area contributed by atoms with Gasteiger partial charge in [-0.3, -0.25) is 19.7 Å². The zero-order valence-corrected chi connectivity index (χ0v) is 15.5. The van der Waals surface area contributed by atoms with Gasteiger partial charge in [-0.15, -0.1) is 0 Å². The highest BCUT2D eigenvalue weighted by molar-refractivity contribution is 9.10. The first-order chi connectivity index (χ1) is 12.4. The van der Waals surface area contributed by atoms with Crippen LogP contribution >= 0.6 is 15.9 Å². The minimum atomic E-state index is -0.616. The number of halogens is 1. The Kier molecular flexibility index (Phi) is 5.03. The highest BCUT2D eigenvalue weighted by Gasteiger charge is 2.35. The van der Waals surface area contributed by atoms with E-state index in [9.17, 15) is 19.7 Å². The summed E-state index contributed by atoms with van der Waals surface area (Å²) in [6, 6.07) is 12.2. The zero-order chi connectivity index (χ0) is 18.8. The maximum absolute atomic E-state index is 12.7. The Morgan fingerprint density at radius 3 is 2.31 bits per heavy atom. The normalized spacial score (nSPS) is 17.3. The van der Waals surface area contributed by atoms with Crippen LogP contribution in [0, 0.1) is 10.1 Å². The molecular formula is C18H16BrN3O4. The van der Waals surface area contributed by atoms with Crippen LogP contribution in [-0.4, -0.2) is 40.8 Å². The molecule has 2 aromatic rings. The zero-order valence-electron chi connectivity index (χ0n) is 14.0. The number of rotatable bonds is 3. The first kappa shape index (κ1) is 18.1. The number of amides is 2. The van der Waals surface area contributed by atoms with Crippen molar-refractivity contribution in [1.82, 2.24) is 4.90 Å². The number of nitro benzene ring substituents is 1. The van der Waals surface area contributed by atoms with Crippen molar-refractivity contribution in [3.8, 4) is 0 Å². The average molecular weight is 418 g/mol. The predicted octanol–water partition coefficient (Wildman–Crippen LogP) is 3.23. The van der Waals surface area contributed by atoms with Crippen LogP contribution in [0.4, 0.5) is 11.4 Å². The second-order valence-corrected chi connectivity index (χ2v) is 6.86. The number of hydrogen-bond donors (Lipinski definition) is 0. The Balaban J connectivity index is 1.76. The largest absolute Gasteiger partial charge is 0.325 e. The number of nitrogens with zero attached hydrogens (tertiary/aromatic N) is 3. The summed E-state index contributed by atoms with van der Waals surface area (Å²) in [6.45, 7) is 2.42. The minimum absolute atomic E-state index is 0.0294. The minimum Gasteiger partial charge on any atom is -0.325 e. The van der Waals surface area contributed by atoms with Crippen molar-refractivity contribution in [3.63, 3.8) is 0 Å². The van der Waals surface area contributed by atoms with Crippen molar-refractivity contribution in [2.45, 2.75) is 13.0 Å². The van der Waals surface area contributed by atoms with Gasteiger partial charge in [0.25, 0.3) is 11.6 Å². The molecule has 1 heterocycles. The molecule has 0 aliphatic carbocycles. The third-order valence-corrected chi connectivity index (χ3v) is 4.91. The molecule has 0 radical (unpaired) electrons. The number of anilines is 1. The lowest BCUT2D eigenvalue weighted by molar-refractivity contribution is -0.384. The van der Waals surface area contributed by atoms with E-state index in [1.807, 2.05) is 0 Å². The highest BCUT2D eigenvalue weighted by Crippen LogP contribution is 2.24. The summed E-state index contributed by atoms with van der Waals surface area (Å²) in [5.74, 6) is -0.405. The maximum atomic E-state index is 12.7. The van der Waals surface area contributed by atoms with Gasteiger partial charge in [0.15, 0.2) is 0 Å². The number of hydrogen-bond acceptors (Lipinski definition) is 4. The predicted molar refractivity (Wildman–Crippen MR) is 100 cm³/mol. The summed E-state index contributed by atoms with van der Waals surface area (Å²) in [6.07, 6.45) is 0. The van der Waals surface area contributed by atoms with Crippen LogP contribution in [0.2, 0.25) is 0 Å². The van der Waals surface area contributed by atoms with Crippen LogP contribution in [0.25, 0.3) is 0 Å². The molecule has 1 fully saturated rings. The Hall–Kier alpha value is -2.74. The summed E-state index contributed by atoms with van der Waals surface area (Å²) in [4.78, 5) is 38.8. The fourth-order valence-corrected chi connectivity index (χ4v) is 3.18. The van der Waals surface area contributed by atoms with Crippen molar-refractivity contribution in [2.24, 2.45) is 0 Å². The van der Waals surface area contributed by atoms with Gasteiger partial charge in [0, 0.05) is 40.9 Å². The van der Waals surface area contributed by atoms with Crippen molar-refractivity contribution in [3.05, 3.63) is 68.7 Å². The van der Waals surface area contributed by atoms with E-state index in [1.54, 1.807) is 53.1 Å². The smallest absolute Gasteiger partial charge is 0.269 e. The fourth-order valence-electron chi connectivity index (χ4n) is 2.92. The first-order valence-electron chi connectivity index (χ1n) is 8.01. The van der Waals surface area contributed by atoms with E-state index in [2.05, 4.69) is 15.9 Å². The lowest BCUT2D eigenvalue weighted by Crippen LogP contribution is -2.57. The second kappa shape index (κ2) is 7.25. The summed E-state index contributed by atoms with van der Waals surface area (Å²) in [7, 11) is 0. The molecular weight excluding hydrogens is 402 g/mol. The summed E-state index contributed by atoms with van der Waals surface area (Å²) >= 11 is 3.33. The molecule has 26 heavy (non-hydrogen) atoms. The van der Waals surface area contributed by atoms with Gasteiger partial charge >= 0.3 is 0 Å². The molecule has 8 heteroatoms.